The number of fused-ring (bicyclic) bond motifs is 2. The van der Waals surface area contributed by atoms with E-state index in [0.717, 1.165) is 36.1 Å². The second-order valence-corrected chi connectivity index (χ2v) is 9.03. The van der Waals surface area contributed by atoms with Crippen LogP contribution in [0.1, 0.15) is 25.7 Å². The lowest BCUT2D eigenvalue weighted by Gasteiger charge is -2.34. The summed E-state index contributed by atoms with van der Waals surface area (Å²) >= 11 is 3.49. The van der Waals surface area contributed by atoms with Gasteiger partial charge in [0.05, 0.1) is 24.3 Å². The lowest BCUT2D eigenvalue weighted by molar-refractivity contribution is -0.120. The van der Waals surface area contributed by atoms with Crippen molar-refractivity contribution in [2.24, 2.45) is 10.9 Å². The van der Waals surface area contributed by atoms with Crippen molar-refractivity contribution in [3.63, 3.8) is 0 Å². The first-order valence-corrected chi connectivity index (χ1v) is 10.8. The molecule has 4 nitrogen and oxygen atoms in total. The van der Waals surface area contributed by atoms with Crippen LogP contribution in [-0.2, 0) is 9.53 Å². The normalized spacial score (nSPS) is 30.9. The molecule has 1 saturated heterocycles. The zero-order valence-electron chi connectivity index (χ0n) is 13.9. The van der Waals surface area contributed by atoms with Gasteiger partial charge in [0.1, 0.15) is 5.37 Å². The molecule has 1 fully saturated rings. The summed E-state index contributed by atoms with van der Waals surface area (Å²) in [6.07, 6.45) is 4.95. The van der Waals surface area contributed by atoms with Gasteiger partial charge in [0.15, 0.2) is 5.17 Å². The first-order chi connectivity index (χ1) is 12.3. The van der Waals surface area contributed by atoms with Crippen molar-refractivity contribution in [3.05, 3.63) is 40.8 Å². The topological polar surface area (TPSA) is 45.2 Å². The minimum atomic E-state index is -0.0676. The Morgan fingerprint density at radius 3 is 2.84 bits per heavy atom. The molecular weight excluding hydrogens is 352 g/mol. The third-order valence-electron chi connectivity index (χ3n) is 5.11. The molecule has 3 heterocycles. The summed E-state index contributed by atoms with van der Waals surface area (Å²) in [5, 5.41) is 0.874. The van der Waals surface area contributed by atoms with E-state index in [4.69, 9.17) is 9.73 Å². The minimum absolute atomic E-state index is 0.0400. The number of benzene rings is 1. The van der Waals surface area contributed by atoms with Gasteiger partial charge in [-0.15, -0.1) is 11.8 Å². The summed E-state index contributed by atoms with van der Waals surface area (Å²) in [6.45, 7) is 0.830. The Kier molecular flexibility index (Phi) is 4.14. The molecule has 6 heteroatoms. The van der Waals surface area contributed by atoms with E-state index in [0.29, 0.717) is 6.10 Å². The number of hydrogen-bond acceptors (Lipinski definition) is 5. The number of thioether (sulfide) groups is 2. The van der Waals surface area contributed by atoms with Crippen LogP contribution in [0, 0.1) is 5.92 Å². The Labute approximate surface area is 156 Å². The van der Waals surface area contributed by atoms with Gasteiger partial charge in [-0.1, -0.05) is 30.0 Å². The molecule has 1 aliphatic carbocycles. The molecule has 0 aromatic heterocycles. The lowest BCUT2D eigenvalue weighted by atomic mass is 9.87. The molecule has 0 N–H and O–H groups in total. The van der Waals surface area contributed by atoms with Gasteiger partial charge in [0.25, 0.3) is 0 Å². The van der Waals surface area contributed by atoms with Crippen LogP contribution < -0.4 is 4.90 Å². The van der Waals surface area contributed by atoms with E-state index < -0.39 is 0 Å². The van der Waals surface area contributed by atoms with Crippen molar-refractivity contribution in [3.8, 4) is 0 Å². The maximum absolute atomic E-state index is 13.5. The third kappa shape index (κ3) is 2.94. The van der Waals surface area contributed by atoms with Crippen LogP contribution in [0.25, 0.3) is 0 Å². The Morgan fingerprint density at radius 2 is 2.04 bits per heavy atom. The highest BCUT2D eigenvalue weighted by Gasteiger charge is 2.47. The lowest BCUT2D eigenvalue weighted by Crippen LogP contribution is -2.47. The molecule has 4 aliphatic rings. The predicted molar refractivity (Wildman–Crippen MR) is 104 cm³/mol. The van der Waals surface area contributed by atoms with E-state index in [1.54, 1.807) is 11.8 Å². The van der Waals surface area contributed by atoms with Crippen molar-refractivity contribution in [2.45, 2.75) is 37.2 Å². The molecule has 0 spiro atoms. The highest BCUT2D eigenvalue weighted by Crippen LogP contribution is 2.52. The summed E-state index contributed by atoms with van der Waals surface area (Å²) in [4.78, 5) is 21.8. The Hall–Kier alpha value is -1.24. The van der Waals surface area contributed by atoms with Crippen LogP contribution in [0.5, 0.6) is 0 Å². The first-order valence-electron chi connectivity index (χ1n) is 8.91. The van der Waals surface area contributed by atoms with E-state index >= 15 is 0 Å². The molecular formula is C19H20N2O2S2. The fraction of sp³-hybridized carbons (Fsp3) is 0.474. The maximum atomic E-state index is 13.5. The van der Waals surface area contributed by atoms with Gasteiger partial charge in [-0.2, -0.15) is 0 Å². The van der Waals surface area contributed by atoms with Crippen molar-refractivity contribution in [1.29, 1.82) is 0 Å². The molecule has 1 aromatic carbocycles. The third-order valence-corrected chi connectivity index (χ3v) is 7.57. The van der Waals surface area contributed by atoms with Crippen molar-refractivity contribution < 1.29 is 9.53 Å². The average Bonchev–Trinajstić information content (AvgIpc) is 3.39. The van der Waals surface area contributed by atoms with Gasteiger partial charge in [0, 0.05) is 5.75 Å². The summed E-state index contributed by atoms with van der Waals surface area (Å²) in [5.41, 5.74) is 2.29. The monoisotopic (exact) mass is 372 g/mol. The number of amides is 1. The number of aliphatic imine (C=N–C) groups is 1. The number of carbonyl (C=O) groups is 1. The van der Waals surface area contributed by atoms with E-state index in [-0.39, 0.29) is 17.2 Å². The molecule has 3 aliphatic heterocycles. The van der Waals surface area contributed by atoms with Crippen LogP contribution in [0.15, 0.2) is 45.8 Å². The molecule has 0 bridgehead atoms. The Morgan fingerprint density at radius 1 is 1.24 bits per heavy atom. The Balaban J connectivity index is 1.51. The summed E-state index contributed by atoms with van der Waals surface area (Å²) < 4.78 is 5.34. The molecule has 1 amide bonds. The number of carbonyl (C=O) groups excluding carboxylic acids is 1. The molecule has 25 heavy (non-hydrogen) atoms. The molecule has 3 atom stereocenters. The second-order valence-electron chi connectivity index (χ2n) is 6.83. The number of ether oxygens (including phenoxy) is 1. The van der Waals surface area contributed by atoms with Crippen molar-refractivity contribution in [2.75, 3.05) is 17.3 Å². The SMILES string of the molecule is O=C1[C@@H]2C3=C(CCCC3)S[C@@H]2N=C(SC[C@H]2CO2)N1c1ccccc1. The summed E-state index contributed by atoms with van der Waals surface area (Å²) in [6, 6.07) is 9.95. The van der Waals surface area contributed by atoms with Gasteiger partial charge in [0.2, 0.25) is 5.91 Å². The molecule has 0 unspecified atom stereocenters. The number of nitrogens with zero attached hydrogens (tertiary/aromatic N) is 2. The number of rotatable bonds is 3. The maximum Gasteiger partial charge on any atom is 0.243 e. The van der Waals surface area contributed by atoms with Crippen molar-refractivity contribution in [1.82, 2.24) is 0 Å². The number of hydrogen-bond donors (Lipinski definition) is 0. The zero-order valence-corrected chi connectivity index (χ0v) is 15.5. The fourth-order valence-electron chi connectivity index (χ4n) is 3.77. The quantitative estimate of drug-likeness (QED) is 0.751. The molecule has 0 radical (unpaired) electrons. The number of amidine groups is 1. The Bertz CT molecular complexity index is 758. The van der Waals surface area contributed by atoms with Crippen LogP contribution in [0.2, 0.25) is 0 Å². The van der Waals surface area contributed by atoms with E-state index in [1.165, 1.54) is 23.3 Å². The van der Waals surface area contributed by atoms with Gasteiger partial charge < -0.3 is 4.74 Å². The number of allylic oxidation sites excluding steroid dienone is 1. The van der Waals surface area contributed by atoms with Gasteiger partial charge in [-0.05, 0) is 48.3 Å². The molecule has 130 valence electrons. The summed E-state index contributed by atoms with van der Waals surface area (Å²) in [7, 11) is 0. The van der Waals surface area contributed by atoms with Gasteiger partial charge >= 0.3 is 0 Å². The molecule has 0 saturated carbocycles. The zero-order chi connectivity index (χ0) is 16.8. The second kappa shape index (κ2) is 6.49. The number of anilines is 1. The van der Waals surface area contributed by atoms with Crippen molar-refractivity contribution >= 4 is 40.3 Å². The number of para-hydroxylation sites is 1. The van der Waals surface area contributed by atoms with Crippen LogP contribution >= 0.6 is 23.5 Å². The number of epoxide rings is 1. The molecule has 1 aromatic rings. The van der Waals surface area contributed by atoms with E-state index in [9.17, 15) is 4.79 Å². The van der Waals surface area contributed by atoms with Gasteiger partial charge in [-0.3, -0.25) is 9.69 Å². The van der Waals surface area contributed by atoms with Crippen LogP contribution in [0.4, 0.5) is 5.69 Å². The largest absolute Gasteiger partial charge is 0.372 e. The highest BCUT2D eigenvalue weighted by atomic mass is 32.2. The average molecular weight is 373 g/mol. The minimum Gasteiger partial charge on any atom is -0.372 e. The van der Waals surface area contributed by atoms with E-state index in [2.05, 4.69) is 0 Å². The standard InChI is InChI=1S/C19H20N2O2S2/c22-18-16-14-8-4-5-9-15(14)25-17(16)20-19(24-11-13-10-23-13)21(18)12-6-2-1-3-7-12/h1-3,6-7,13,16-17H,4-5,8-11H2/t13-,16-,17+/m1/s1. The van der Waals surface area contributed by atoms with Crippen LogP contribution in [0.3, 0.4) is 0 Å². The van der Waals surface area contributed by atoms with Gasteiger partial charge in [-0.25, -0.2) is 4.99 Å². The summed E-state index contributed by atoms with van der Waals surface area (Å²) in [5.74, 6) is 0.997. The first kappa shape index (κ1) is 16.0. The van der Waals surface area contributed by atoms with Crippen LogP contribution in [-0.4, -0.2) is 34.9 Å². The highest BCUT2D eigenvalue weighted by molar-refractivity contribution is 8.14. The molecule has 5 rings (SSSR count). The smallest absolute Gasteiger partial charge is 0.243 e. The fourth-order valence-corrected chi connectivity index (χ4v) is 6.38. The predicted octanol–water partition coefficient (Wildman–Crippen LogP) is 4.04. The van der Waals surface area contributed by atoms with E-state index in [1.807, 2.05) is 47.0 Å².